The Hall–Kier alpha value is -1.62. The third-order valence-electron chi connectivity index (χ3n) is 2.00. The first-order valence-electron chi connectivity index (χ1n) is 4.69. The average molecular weight is 281 g/mol. The molecule has 2 aromatic rings. The maximum Gasteiger partial charge on any atom is 0.273 e. The number of halogens is 1. The smallest absolute Gasteiger partial charge is 0.273 e. The maximum atomic E-state index is 11.6. The minimum Gasteiger partial charge on any atom is -0.439 e. The first-order chi connectivity index (χ1) is 7.75. The van der Waals surface area contributed by atoms with Crippen molar-refractivity contribution >= 4 is 21.8 Å². The summed E-state index contributed by atoms with van der Waals surface area (Å²) in [5.41, 5.74) is 1.31. The molecule has 0 aliphatic heterocycles. The van der Waals surface area contributed by atoms with Gasteiger partial charge in [-0.1, -0.05) is 30.3 Å². The van der Waals surface area contributed by atoms with Gasteiger partial charge in [-0.2, -0.15) is 4.98 Å². The Morgan fingerprint density at radius 3 is 2.75 bits per heavy atom. The van der Waals surface area contributed by atoms with Crippen molar-refractivity contribution in [3.63, 3.8) is 0 Å². The van der Waals surface area contributed by atoms with E-state index in [1.807, 2.05) is 30.3 Å². The fourth-order valence-corrected chi connectivity index (χ4v) is 1.51. The topological polar surface area (TPSA) is 55.1 Å². The van der Waals surface area contributed by atoms with Gasteiger partial charge < -0.3 is 9.73 Å². The molecule has 82 valence electrons. The number of amides is 1. The van der Waals surface area contributed by atoms with E-state index in [9.17, 15) is 4.79 Å². The molecule has 16 heavy (non-hydrogen) atoms. The fourth-order valence-electron chi connectivity index (χ4n) is 1.22. The van der Waals surface area contributed by atoms with E-state index < -0.39 is 0 Å². The number of carbonyl (C=O) groups is 1. The van der Waals surface area contributed by atoms with Crippen LogP contribution in [-0.4, -0.2) is 10.9 Å². The van der Waals surface area contributed by atoms with E-state index in [2.05, 4.69) is 26.2 Å². The van der Waals surface area contributed by atoms with E-state index in [1.165, 1.54) is 6.26 Å². The van der Waals surface area contributed by atoms with Crippen molar-refractivity contribution < 1.29 is 9.21 Å². The number of nitrogens with one attached hydrogen (secondary N) is 1. The number of oxazole rings is 1. The van der Waals surface area contributed by atoms with E-state index in [4.69, 9.17) is 4.42 Å². The molecule has 0 saturated carbocycles. The van der Waals surface area contributed by atoms with Gasteiger partial charge in [0.1, 0.15) is 6.26 Å². The Bertz CT molecular complexity index is 482. The third kappa shape index (κ3) is 2.70. The number of hydrogen-bond acceptors (Lipinski definition) is 3. The number of benzene rings is 1. The highest BCUT2D eigenvalue weighted by atomic mass is 79.9. The molecular formula is C11H9BrN2O2. The van der Waals surface area contributed by atoms with Crippen LogP contribution in [0.5, 0.6) is 0 Å². The molecule has 1 aromatic heterocycles. The zero-order valence-corrected chi connectivity index (χ0v) is 9.90. The van der Waals surface area contributed by atoms with Crippen LogP contribution < -0.4 is 5.32 Å². The monoisotopic (exact) mass is 280 g/mol. The molecule has 1 N–H and O–H groups in total. The third-order valence-corrected chi connectivity index (χ3v) is 2.37. The molecule has 0 bridgehead atoms. The number of aromatic nitrogens is 1. The van der Waals surface area contributed by atoms with Gasteiger partial charge in [-0.15, -0.1) is 0 Å². The molecule has 1 aromatic carbocycles. The van der Waals surface area contributed by atoms with Gasteiger partial charge in [0.15, 0.2) is 5.69 Å². The predicted octanol–water partition coefficient (Wildman–Crippen LogP) is 2.37. The Balaban J connectivity index is 1.94. The van der Waals surface area contributed by atoms with Crippen molar-refractivity contribution in [2.75, 3.05) is 0 Å². The lowest BCUT2D eigenvalue weighted by molar-refractivity contribution is 0.0946. The normalized spacial score (nSPS) is 10.1. The van der Waals surface area contributed by atoms with Crippen LogP contribution in [0.3, 0.4) is 0 Å². The van der Waals surface area contributed by atoms with Crippen LogP contribution in [0, 0.1) is 0 Å². The van der Waals surface area contributed by atoms with Crippen molar-refractivity contribution in [1.82, 2.24) is 10.3 Å². The maximum absolute atomic E-state index is 11.6. The predicted molar refractivity (Wildman–Crippen MR) is 61.8 cm³/mol. The summed E-state index contributed by atoms with van der Waals surface area (Å²) < 4.78 is 4.88. The van der Waals surface area contributed by atoms with Crippen LogP contribution in [0.25, 0.3) is 0 Å². The zero-order valence-electron chi connectivity index (χ0n) is 8.31. The summed E-state index contributed by atoms with van der Waals surface area (Å²) in [6.07, 6.45) is 1.31. The van der Waals surface area contributed by atoms with Crippen LogP contribution in [0.2, 0.25) is 0 Å². The van der Waals surface area contributed by atoms with Gasteiger partial charge in [0.25, 0.3) is 10.7 Å². The van der Waals surface area contributed by atoms with Crippen LogP contribution in [0.15, 0.2) is 45.8 Å². The standard InChI is InChI=1S/C11H9BrN2O2/c12-11-14-9(7-16-11)10(15)13-6-8-4-2-1-3-5-8/h1-5,7H,6H2,(H,13,15). The molecule has 0 aliphatic carbocycles. The summed E-state index contributed by atoms with van der Waals surface area (Å²) in [6.45, 7) is 0.476. The first-order valence-corrected chi connectivity index (χ1v) is 5.48. The molecule has 1 heterocycles. The molecule has 4 nitrogen and oxygen atoms in total. The number of hydrogen-bond donors (Lipinski definition) is 1. The molecule has 0 saturated heterocycles. The SMILES string of the molecule is O=C(NCc1ccccc1)c1coc(Br)n1. The van der Waals surface area contributed by atoms with E-state index in [0.29, 0.717) is 11.3 Å². The van der Waals surface area contributed by atoms with Gasteiger partial charge in [0.05, 0.1) is 0 Å². The molecule has 0 fully saturated rings. The summed E-state index contributed by atoms with van der Waals surface area (Å²) in [5.74, 6) is -0.252. The van der Waals surface area contributed by atoms with Crippen molar-refractivity contribution in [2.24, 2.45) is 0 Å². The number of rotatable bonds is 3. The van der Waals surface area contributed by atoms with Gasteiger partial charge in [-0.3, -0.25) is 4.79 Å². The van der Waals surface area contributed by atoms with E-state index in [1.54, 1.807) is 0 Å². The van der Waals surface area contributed by atoms with E-state index in [-0.39, 0.29) is 11.6 Å². The summed E-state index contributed by atoms with van der Waals surface area (Å²) in [4.78, 5) is 15.7. The second-order valence-corrected chi connectivity index (χ2v) is 3.83. The summed E-state index contributed by atoms with van der Waals surface area (Å²) in [6, 6.07) is 9.67. The summed E-state index contributed by atoms with van der Waals surface area (Å²) >= 11 is 3.04. The van der Waals surface area contributed by atoms with Crippen molar-refractivity contribution in [2.45, 2.75) is 6.54 Å². The van der Waals surface area contributed by atoms with Crippen LogP contribution in [0.4, 0.5) is 0 Å². The van der Waals surface area contributed by atoms with Crippen LogP contribution in [-0.2, 0) is 6.54 Å². The quantitative estimate of drug-likeness (QED) is 0.939. The fraction of sp³-hybridized carbons (Fsp3) is 0.0909. The molecule has 2 rings (SSSR count). The Kier molecular flexibility index (Phi) is 3.36. The largest absolute Gasteiger partial charge is 0.439 e. The second kappa shape index (κ2) is 4.94. The van der Waals surface area contributed by atoms with Gasteiger partial charge in [-0.05, 0) is 5.56 Å². The lowest BCUT2D eigenvalue weighted by Crippen LogP contribution is -2.22. The molecule has 5 heteroatoms. The number of nitrogens with zero attached hydrogens (tertiary/aromatic N) is 1. The minimum atomic E-state index is -0.252. The molecule has 0 radical (unpaired) electrons. The van der Waals surface area contributed by atoms with Gasteiger partial charge >= 0.3 is 0 Å². The van der Waals surface area contributed by atoms with E-state index in [0.717, 1.165) is 5.56 Å². The van der Waals surface area contributed by atoms with Crippen molar-refractivity contribution in [1.29, 1.82) is 0 Å². The Labute approximate surface area is 101 Å². The average Bonchev–Trinajstić information content (AvgIpc) is 2.74. The number of carbonyl (C=O) groups excluding carboxylic acids is 1. The van der Waals surface area contributed by atoms with E-state index >= 15 is 0 Å². The van der Waals surface area contributed by atoms with Gasteiger partial charge in [0, 0.05) is 22.5 Å². The first kappa shape index (κ1) is 10.9. The minimum absolute atomic E-state index is 0.252. The molecule has 0 unspecified atom stereocenters. The van der Waals surface area contributed by atoms with Gasteiger partial charge in [-0.25, -0.2) is 0 Å². The molecular weight excluding hydrogens is 272 g/mol. The molecule has 1 amide bonds. The highest BCUT2D eigenvalue weighted by Crippen LogP contribution is 2.08. The summed E-state index contributed by atoms with van der Waals surface area (Å²) in [7, 11) is 0. The van der Waals surface area contributed by atoms with Crippen molar-refractivity contribution in [3.05, 3.63) is 52.7 Å². The lowest BCUT2D eigenvalue weighted by Gasteiger charge is -2.02. The van der Waals surface area contributed by atoms with Crippen LogP contribution >= 0.6 is 15.9 Å². The Morgan fingerprint density at radius 1 is 1.38 bits per heavy atom. The summed E-state index contributed by atoms with van der Waals surface area (Å²) in [5, 5.41) is 2.75. The van der Waals surface area contributed by atoms with Crippen LogP contribution in [0.1, 0.15) is 16.1 Å². The highest BCUT2D eigenvalue weighted by molar-refractivity contribution is 9.10. The zero-order chi connectivity index (χ0) is 11.4. The molecule has 0 atom stereocenters. The Morgan fingerprint density at radius 2 is 2.12 bits per heavy atom. The lowest BCUT2D eigenvalue weighted by atomic mass is 10.2. The van der Waals surface area contributed by atoms with Gasteiger partial charge in [0.2, 0.25) is 0 Å². The second-order valence-electron chi connectivity index (χ2n) is 3.15. The van der Waals surface area contributed by atoms with Crippen molar-refractivity contribution in [3.8, 4) is 0 Å². The molecule has 0 spiro atoms. The molecule has 0 aliphatic rings. The highest BCUT2D eigenvalue weighted by Gasteiger charge is 2.09.